The van der Waals surface area contributed by atoms with Gasteiger partial charge in [-0.3, -0.25) is 4.79 Å². The van der Waals surface area contributed by atoms with Crippen molar-refractivity contribution in [2.45, 2.75) is 57.9 Å². The number of rotatable bonds is 14. The van der Waals surface area contributed by atoms with Crippen molar-refractivity contribution >= 4 is 50.1 Å². The minimum absolute atomic E-state index is 0.202. The van der Waals surface area contributed by atoms with Crippen LogP contribution < -0.4 is 14.4 Å². The normalized spacial score (nSPS) is 15.1. The molecular weight excluding hydrogens is 611 g/mol. The number of pyridine rings is 1. The summed E-state index contributed by atoms with van der Waals surface area (Å²) >= 11 is 0. The second kappa shape index (κ2) is 14.5. The molecule has 0 aliphatic carbocycles. The number of nitrogens with zero attached hydrogens (tertiary/aromatic N) is 3. The number of carbonyl (C=O) groups is 1. The molecule has 5 rings (SSSR count). The van der Waals surface area contributed by atoms with Crippen molar-refractivity contribution < 1.29 is 27.4 Å². The number of para-hydroxylation sites is 2. The molecule has 0 bridgehead atoms. The van der Waals surface area contributed by atoms with E-state index in [1.807, 2.05) is 37.4 Å². The van der Waals surface area contributed by atoms with Crippen LogP contribution in [-0.2, 0) is 26.9 Å². The number of hydrogen-bond acceptors (Lipinski definition) is 6. The Morgan fingerprint density at radius 3 is 2.45 bits per heavy atom. The zero-order valence-corrected chi connectivity index (χ0v) is 28.1. The number of carboxylic acid groups (broad SMARTS) is 1. The molecule has 0 radical (unpaired) electrons. The number of hydrogen-bond donors (Lipinski definition) is 1. The molecule has 1 aliphatic heterocycles. The van der Waals surface area contributed by atoms with E-state index in [4.69, 9.17) is 5.11 Å². The van der Waals surface area contributed by atoms with Crippen molar-refractivity contribution in [3.63, 3.8) is 0 Å². The van der Waals surface area contributed by atoms with Gasteiger partial charge in [-0.1, -0.05) is 56.3 Å². The number of benzene rings is 3. The molecule has 0 spiro atoms. The standard InChI is InChI=1S/C38H43N3O5S/c1-38(2)33-28-31(39(3)30-15-6-4-7-16-30)21-22-35(33)41(25-13-27-47(44,45)46)36(38)19-12-14-29-23-26-40(24-11-5-8-20-37(42)43)34-18-10-9-17-32(29)34/h4,6-7,9-10,12,14-19,21-23,26,28H,5,8,11,13,20,24-25,27H2,1-3H3,(H-,42,43,44,45,46). The van der Waals surface area contributed by atoms with Crippen molar-refractivity contribution in [3.8, 4) is 0 Å². The largest absolute Gasteiger partial charge is 0.748 e. The summed E-state index contributed by atoms with van der Waals surface area (Å²) < 4.78 is 36.6. The summed E-state index contributed by atoms with van der Waals surface area (Å²) in [4.78, 5) is 15.1. The number of aliphatic carboxylic acids is 1. The maximum Gasteiger partial charge on any atom is 0.303 e. The Labute approximate surface area is 278 Å². The third-order valence-electron chi connectivity index (χ3n) is 8.96. The second-order valence-electron chi connectivity index (χ2n) is 12.6. The van der Waals surface area contributed by atoms with Crippen LogP contribution in [0.1, 0.15) is 57.1 Å². The lowest BCUT2D eigenvalue weighted by Crippen LogP contribution is -2.34. The van der Waals surface area contributed by atoms with Crippen molar-refractivity contribution in [2.75, 3.05) is 29.1 Å². The minimum atomic E-state index is -4.32. The van der Waals surface area contributed by atoms with Gasteiger partial charge in [-0.15, -0.1) is 0 Å². The van der Waals surface area contributed by atoms with Crippen LogP contribution in [0.4, 0.5) is 17.1 Å². The molecule has 3 aromatic carbocycles. The molecule has 1 N–H and O–H groups in total. The van der Waals surface area contributed by atoms with Gasteiger partial charge in [0.2, 0.25) is 5.52 Å². The Morgan fingerprint density at radius 2 is 1.70 bits per heavy atom. The van der Waals surface area contributed by atoms with Crippen LogP contribution in [0.15, 0.2) is 103 Å². The van der Waals surface area contributed by atoms with E-state index < -0.39 is 21.8 Å². The fraction of sp³-hybridized carbons (Fsp3) is 0.316. The number of anilines is 3. The monoisotopic (exact) mass is 653 g/mol. The fourth-order valence-corrected chi connectivity index (χ4v) is 6.92. The van der Waals surface area contributed by atoms with Gasteiger partial charge in [0.25, 0.3) is 0 Å². The van der Waals surface area contributed by atoms with E-state index >= 15 is 0 Å². The van der Waals surface area contributed by atoms with Gasteiger partial charge in [-0.05, 0) is 72.9 Å². The van der Waals surface area contributed by atoms with Crippen LogP contribution in [0.25, 0.3) is 17.0 Å². The SMILES string of the molecule is CN(c1ccccc1)c1ccc2c(c1)C(C)(C)/C(=C\C=C\c1cc[n+](CCCCCC(=O)O)c3ccccc13)N2CCCS(=O)(=O)[O-]. The van der Waals surface area contributed by atoms with Crippen molar-refractivity contribution in [1.29, 1.82) is 0 Å². The van der Waals surface area contributed by atoms with Crippen LogP contribution in [0, 0.1) is 0 Å². The number of carboxylic acids is 1. The second-order valence-corrected chi connectivity index (χ2v) is 14.1. The third kappa shape index (κ3) is 8.10. The van der Waals surface area contributed by atoms with Gasteiger partial charge in [0.05, 0.1) is 15.5 Å². The van der Waals surface area contributed by atoms with Crippen molar-refractivity contribution in [2.24, 2.45) is 0 Å². The summed E-state index contributed by atoms with van der Waals surface area (Å²) in [5.74, 6) is -1.16. The van der Waals surface area contributed by atoms with Crippen LogP contribution in [-0.4, -0.2) is 43.4 Å². The van der Waals surface area contributed by atoms with Gasteiger partial charge in [0.1, 0.15) is 6.54 Å². The van der Waals surface area contributed by atoms with Gasteiger partial charge in [0, 0.05) is 72.5 Å². The summed E-state index contributed by atoms with van der Waals surface area (Å²) in [6.07, 6.45) is 11.2. The molecule has 0 fully saturated rings. The van der Waals surface area contributed by atoms with Gasteiger partial charge in [-0.25, -0.2) is 8.42 Å². The summed E-state index contributed by atoms with van der Waals surface area (Å²) in [6, 6.07) is 26.9. The van der Waals surface area contributed by atoms with E-state index in [2.05, 4.69) is 101 Å². The van der Waals surface area contributed by atoms with Gasteiger partial charge in [0.15, 0.2) is 6.20 Å². The Morgan fingerprint density at radius 1 is 0.957 bits per heavy atom. The molecule has 1 aliphatic rings. The van der Waals surface area contributed by atoms with Crippen LogP contribution in [0.5, 0.6) is 0 Å². The number of allylic oxidation sites excluding steroid dienone is 3. The molecule has 0 saturated heterocycles. The average Bonchev–Trinajstić information content (AvgIpc) is 3.25. The topological polar surface area (TPSA) is 105 Å². The highest BCUT2D eigenvalue weighted by molar-refractivity contribution is 7.85. The molecule has 9 heteroatoms. The van der Waals surface area contributed by atoms with E-state index in [0.29, 0.717) is 13.0 Å². The molecule has 0 atom stereocenters. The van der Waals surface area contributed by atoms with E-state index in [0.717, 1.165) is 64.2 Å². The van der Waals surface area contributed by atoms with Crippen LogP contribution in [0.3, 0.4) is 0 Å². The Bertz CT molecular complexity index is 1900. The molecule has 47 heavy (non-hydrogen) atoms. The molecule has 1 aromatic heterocycles. The molecule has 8 nitrogen and oxygen atoms in total. The molecule has 4 aromatic rings. The van der Waals surface area contributed by atoms with Crippen molar-refractivity contribution in [1.82, 2.24) is 0 Å². The first-order valence-corrected chi connectivity index (χ1v) is 17.7. The summed E-state index contributed by atoms with van der Waals surface area (Å²) in [5, 5.41) is 10.0. The molecule has 0 saturated carbocycles. The van der Waals surface area contributed by atoms with Crippen molar-refractivity contribution in [3.05, 3.63) is 114 Å². The minimum Gasteiger partial charge on any atom is -0.748 e. The van der Waals surface area contributed by atoms with E-state index in [9.17, 15) is 17.8 Å². The highest BCUT2D eigenvalue weighted by Crippen LogP contribution is 2.49. The maximum atomic E-state index is 11.5. The first-order valence-electron chi connectivity index (χ1n) is 16.1. The summed E-state index contributed by atoms with van der Waals surface area (Å²) in [7, 11) is -2.28. The molecule has 246 valence electrons. The predicted octanol–water partition coefficient (Wildman–Crippen LogP) is 7.17. The van der Waals surface area contributed by atoms with Gasteiger partial charge < -0.3 is 19.5 Å². The summed E-state index contributed by atoms with van der Waals surface area (Å²) in [6.45, 7) is 5.58. The van der Waals surface area contributed by atoms with Gasteiger partial charge >= 0.3 is 5.97 Å². The number of fused-ring (bicyclic) bond motifs is 2. The fourth-order valence-electron chi connectivity index (χ4n) is 6.44. The number of unbranched alkanes of at least 4 members (excludes halogenated alkanes) is 2. The summed E-state index contributed by atoms with van der Waals surface area (Å²) in [5.41, 5.74) is 7.11. The zero-order chi connectivity index (χ0) is 33.6. The average molecular weight is 654 g/mol. The Kier molecular flexibility index (Phi) is 10.5. The van der Waals surface area contributed by atoms with E-state index in [1.54, 1.807) is 0 Å². The number of aromatic nitrogens is 1. The molecular formula is C38H43N3O5S. The highest BCUT2D eigenvalue weighted by atomic mass is 32.2. The third-order valence-corrected chi connectivity index (χ3v) is 9.75. The molecule has 2 heterocycles. The quantitative estimate of drug-likeness (QED) is 0.0874. The Hall–Kier alpha value is -4.47. The highest BCUT2D eigenvalue weighted by Gasteiger charge is 2.40. The Balaban J connectivity index is 1.44. The lowest BCUT2D eigenvalue weighted by Gasteiger charge is -2.27. The van der Waals surface area contributed by atoms with E-state index in [1.165, 1.54) is 0 Å². The van der Waals surface area contributed by atoms with Crippen LogP contribution >= 0.6 is 0 Å². The smallest absolute Gasteiger partial charge is 0.303 e. The lowest BCUT2D eigenvalue weighted by atomic mass is 9.83. The van der Waals surface area contributed by atoms with Crippen LogP contribution in [0.2, 0.25) is 0 Å². The van der Waals surface area contributed by atoms with Gasteiger partial charge in [-0.2, -0.15) is 4.57 Å². The van der Waals surface area contributed by atoms with E-state index in [-0.39, 0.29) is 18.3 Å². The number of aryl methyl sites for hydroxylation is 1. The first-order chi connectivity index (χ1) is 22.5. The first kappa shape index (κ1) is 33.9. The predicted molar refractivity (Wildman–Crippen MR) is 188 cm³/mol. The maximum absolute atomic E-state index is 11.5. The molecule has 0 amide bonds. The molecule has 0 unspecified atom stereocenters. The zero-order valence-electron chi connectivity index (χ0n) is 27.3. The lowest BCUT2D eigenvalue weighted by molar-refractivity contribution is -0.671.